The molecule has 0 saturated carbocycles. The second-order valence-electron chi connectivity index (χ2n) is 1.72. The van der Waals surface area contributed by atoms with Crippen LogP contribution in [0.15, 0.2) is 12.2 Å². The molecule has 7 heteroatoms. The van der Waals surface area contributed by atoms with E-state index in [0.717, 1.165) is 26.4 Å². The van der Waals surface area contributed by atoms with Gasteiger partial charge in [0.25, 0.3) is 0 Å². The summed E-state index contributed by atoms with van der Waals surface area (Å²) in [7, 11) is -1.65. The fourth-order valence-corrected chi connectivity index (χ4v) is 0.987. The summed E-state index contributed by atoms with van der Waals surface area (Å²) in [5.74, 6) is -0.973. The van der Waals surface area contributed by atoms with Gasteiger partial charge in [0.15, 0.2) is 0 Å². The molecule has 0 aromatic carbocycles. The number of rotatable bonds is 5. The molecule has 6 nitrogen and oxygen atoms in total. The average molecular weight is 208 g/mol. The van der Waals surface area contributed by atoms with Crippen molar-refractivity contribution in [2.24, 2.45) is 0 Å². The van der Waals surface area contributed by atoms with Crippen LogP contribution in [0.5, 0.6) is 0 Å². The molecule has 0 radical (unpaired) electrons. The molecule has 0 amide bonds. The van der Waals surface area contributed by atoms with Crippen molar-refractivity contribution < 1.29 is 27.7 Å². The maximum Gasteiger partial charge on any atom is 0.531 e. The van der Waals surface area contributed by atoms with Crippen LogP contribution < -0.4 is 0 Å². The molecule has 0 aliphatic rings. The first-order chi connectivity index (χ1) is 6.08. The maximum absolute atomic E-state index is 11.1. The molecule has 0 saturated heterocycles. The van der Waals surface area contributed by atoms with Gasteiger partial charge < -0.3 is 4.52 Å². The number of phosphoric acid groups is 1. The monoisotopic (exact) mass is 208 g/mol. The van der Waals surface area contributed by atoms with Crippen molar-refractivity contribution in [3.63, 3.8) is 0 Å². The topological polar surface area (TPSA) is 78.9 Å². The summed E-state index contributed by atoms with van der Waals surface area (Å²) in [6, 6.07) is 0. The lowest BCUT2D eigenvalue weighted by molar-refractivity contribution is -0.130. The zero-order valence-electron chi connectivity index (χ0n) is 7.13. The highest BCUT2D eigenvalue weighted by Gasteiger charge is 2.26. The number of allylic oxidation sites excluding steroid dienone is 1. The molecule has 0 N–H and O–H groups in total. The molecular formula is C6H9O6P. The summed E-state index contributed by atoms with van der Waals surface area (Å²) in [5, 5.41) is 0. The Morgan fingerprint density at radius 1 is 1.31 bits per heavy atom. The lowest BCUT2D eigenvalue weighted by Crippen LogP contribution is -2.01. The second kappa shape index (κ2) is 5.64. The number of phosphoric ester groups is 1. The Morgan fingerprint density at radius 2 is 1.85 bits per heavy atom. The molecule has 0 bridgehead atoms. The van der Waals surface area contributed by atoms with E-state index in [1.54, 1.807) is 0 Å². The highest BCUT2D eigenvalue weighted by Crippen LogP contribution is 2.47. The first-order valence-electron chi connectivity index (χ1n) is 3.15. The molecule has 0 heterocycles. The van der Waals surface area contributed by atoms with Crippen molar-refractivity contribution in [3.05, 3.63) is 12.2 Å². The predicted molar refractivity (Wildman–Crippen MR) is 42.9 cm³/mol. The number of hydrogen-bond acceptors (Lipinski definition) is 6. The van der Waals surface area contributed by atoms with E-state index < -0.39 is 13.8 Å². The molecule has 0 aliphatic heterocycles. The number of carbonyl (C=O) groups excluding carboxylic acids is 2. The number of carbonyl (C=O) groups is 2. The second-order valence-corrected chi connectivity index (χ2v) is 3.53. The van der Waals surface area contributed by atoms with Crippen LogP contribution >= 0.6 is 7.82 Å². The van der Waals surface area contributed by atoms with Crippen molar-refractivity contribution in [2.75, 3.05) is 14.2 Å². The molecule has 0 atom stereocenters. The van der Waals surface area contributed by atoms with Gasteiger partial charge in [-0.3, -0.25) is 13.8 Å². The van der Waals surface area contributed by atoms with Gasteiger partial charge in [-0.05, 0) is 6.08 Å². The van der Waals surface area contributed by atoms with Gasteiger partial charge >= 0.3 is 13.8 Å². The van der Waals surface area contributed by atoms with Crippen molar-refractivity contribution >= 4 is 20.1 Å². The zero-order chi connectivity index (χ0) is 10.3. The van der Waals surface area contributed by atoms with E-state index in [1.165, 1.54) is 0 Å². The molecule has 0 rings (SSSR count). The highest BCUT2D eigenvalue weighted by molar-refractivity contribution is 7.49. The van der Waals surface area contributed by atoms with Crippen LogP contribution in [0.4, 0.5) is 0 Å². The maximum atomic E-state index is 11.1. The van der Waals surface area contributed by atoms with Gasteiger partial charge in [-0.25, -0.2) is 9.36 Å². The van der Waals surface area contributed by atoms with E-state index in [0.29, 0.717) is 6.29 Å². The average Bonchev–Trinajstić information content (AvgIpc) is 2.14. The predicted octanol–water partition coefficient (Wildman–Crippen LogP) is 0.686. The molecule has 0 aromatic heterocycles. The van der Waals surface area contributed by atoms with E-state index in [9.17, 15) is 14.2 Å². The fraction of sp³-hybridized carbons (Fsp3) is 0.333. The summed E-state index contributed by atoms with van der Waals surface area (Å²) < 4.78 is 24.0. The van der Waals surface area contributed by atoms with E-state index in [-0.39, 0.29) is 0 Å². The Labute approximate surface area is 75.1 Å². The van der Waals surface area contributed by atoms with E-state index in [1.807, 2.05) is 0 Å². The highest BCUT2D eigenvalue weighted by atomic mass is 31.2. The van der Waals surface area contributed by atoms with Crippen LogP contribution in [0.3, 0.4) is 0 Å². The summed E-state index contributed by atoms with van der Waals surface area (Å²) in [6.45, 7) is 0. The quantitative estimate of drug-likeness (QED) is 0.375. The largest absolute Gasteiger partial charge is 0.531 e. The van der Waals surface area contributed by atoms with Gasteiger partial charge in [-0.15, -0.1) is 0 Å². The van der Waals surface area contributed by atoms with Gasteiger partial charge in [-0.2, -0.15) is 0 Å². The van der Waals surface area contributed by atoms with Gasteiger partial charge in [0.1, 0.15) is 6.29 Å². The van der Waals surface area contributed by atoms with Gasteiger partial charge in [0, 0.05) is 20.3 Å². The third kappa shape index (κ3) is 4.57. The van der Waals surface area contributed by atoms with Crippen molar-refractivity contribution in [1.29, 1.82) is 0 Å². The fourth-order valence-electron chi connectivity index (χ4n) is 0.408. The van der Waals surface area contributed by atoms with Gasteiger partial charge in [0.2, 0.25) is 0 Å². The van der Waals surface area contributed by atoms with Crippen molar-refractivity contribution in [2.45, 2.75) is 0 Å². The van der Waals surface area contributed by atoms with Crippen LogP contribution in [0.1, 0.15) is 0 Å². The molecule has 13 heavy (non-hydrogen) atoms. The third-order valence-corrected chi connectivity index (χ3v) is 2.26. The van der Waals surface area contributed by atoms with Crippen LogP contribution in [0, 0.1) is 0 Å². The normalized spacial score (nSPS) is 11.5. The lowest BCUT2D eigenvalue weighted by atomic mass is 10.5. The third-order valence-electron chi connectivity index (χ3n) is 0.960. The SMILES string of the molecule is COP(=O)(OC)OC(=O)/C=C/C=O. The Balaban J connectivity index is 4.26. The van der Waals surface area contributed by atoms with Crippen LogP contribution in [0.2, 0.25) is 0 Å². The summed E-state index contributed by atoms with van der Waals surface area (Å²) >= 11 is 0. The summed E-state index contributed by atoms with van der Waals surface area (Å²) in [5.41, 5.74) is 0. The molecule has 0 aliphatic carbocycles. The molecule has 0 spiro atoms. The van der Waals surface area contributed by atoms with Gasteiger partial charge in [-0.1, -0.05) is 0 Å². The Bertz CT molecular complexity index is 250. The van der Waals surface area contributed by atoms with Crippen molar-refractivity contribution in [3.8, 4) is 0 Å². The van der Waals surface area contributed by atoms with Gasteiger partial charge in [0.05, 0.1) is 0 Å². The van der Waals surface area contributed by atoms with Crippen LogP contribution in [-0.4, -0.2) is 26.5 Å². The smallest absolute Gasteiger partial charge is 0.367 e. The number of hydrogen-bond donors (Lipinski definition) is 0. The molecule has 0 aromatic rings. The van der Waals surface area contributed by atoms with E-state index in [4.69, 9.17) is 0 Å². The first kappa shape index (κ1) is 12.0. The molecule has 74 valence electrons. The lowest BCUT2D eigenvalue weighted by Gasteiger charge is -2.10. The standard InChI is InChI=1S/C6H9O6P/c1-10-13(9,11-2)12-6(8)4-3-5-7/h3-5H,1-2H3/b4-3+. The molecular weight excluding hydrogens is 199 g/mol. The summed E-state index contributed by atoms with van der Waals surface area (Å²) in [6.07, 6.45) is 2.08. The first-order valence-corrected chi connectivity index (χ1v) is 4.61. The zero-order valence-corrected chi connectivity index (χ0v) is 8.02. The Hall–Kier alpha value is -0.970. The molecule has 0 fully saturated rings. The van der Waals surface area contributed by atoms with E-state index >= 15 is 0 Å². The van der Waals surface area contributed by atoms with Crippen LogP contribution in [-0.2, 0) is 27.7 Å². The molecule has 0 unspecified atom stereocenters. The minimum absolute atomic E-state index is 0.381. The minimum Gasteiger partial charge on any atom is -0.367 e. The Morgan fingerprint density at radius 3 is 2.23 bits per heavy atom. The van der Waals surface area contributed by atoms with Crippen molar-refractivity contribution in [1.82, 2.24) is 0 Å². The van der Waals surface area contributed by atoms with E-state index in [2.05, 4.69) is 13.6 Å². The van der Waals surface area contributed by atoms with Crippen LogP contribution in [0.25, 0.3) is 0 Å². The Kier molecular flexibility index (Phi) is 5.22. The summed E-state index contributed by atoms with van der Waals surface area (Å²) in [4.78, 5) is 20.5. The minimum atomic E-state index is -3.79. The number of aldehydes is 1.